The predicted molar refractivity (Wildman–Crippen MR) is 54.3 cm³/mol. The Morgan fingerprint density at radius 1 is 1.53 bits per heavy atom. The lowest BCUT2D eigenvalue weighted by Gasteiger charge is -2.33. The van der Waals surface area contributed by atoms with Crippen molar-refractivity contribution in [3.8, 4) is 0 Å². The van der Waals surface area contributed by atoms with Crippen molar-refractivity contribution in [3.63, 3.8) is 0 Å². The summed E-state index contributed by atoms with van der Waals surface area (Å²) in [5.41, 5.74) is 5.60. The highest BCUT2D eigenvalue weighted by Gasteiger charge is 2.30. The van der Waals surface area contributed by atoms with Crippen molar-refractivity contribution in [2.45, 2.75) is 38.0 Å². The first-order valence-corrected chi connectivity index (χ1v) is 5.07. The molecule has 0 amide bonds. The van der Waals surface area contributed by atoms with E-state index < -0.39 is 0 Å². The summed E-state index contributed by atoms with van der Waals surface area (Å²) in [6.45, 7) is 1.81. The third kappa shape index (κ3) is 2.27. The lowest BCUT2D eigenvalue weighted by Crippen LogP contribution is -2.40. The van der Waals surface area contributed by atoms with Crippen LogP contribution < -0.4 is 11.1 Å². The number of hydrogen-bond acceptors (Lipinski definition) is 6. The molecule has 1 aliphatic rings. The van der Waals surface area contributed by atoms with E-state index in [1.54, 1.807) is 7.11 Å². The van der Waals surface area contributed by atoms with Crippen LogP contribution in [-0.4, -0.2) is 29.5 Å². The number of nitrogens with one attached hydrogen (secondary N) is 1. The van der Waals surface area contributed by atoms with E-state index in [1.165, 1.54) is 0 Å². The largest absolute Gasteiger partial charge is 0.406 e. The van der Waals surface area contributed by atoms with Crippen LogP contribution in [0.1, 0.15) is 31.7 Å². The minimum atomic E-state index is -0.221. The minimum absolute atomic E-state index is 0.221. The van der Waals surface area contributed by atoms with Crippen LogP contribution in [0.4, 0.5) is 6.01 Å². The lowest BCUT2D eigenvalue weighted by molar-refractivity contribution is 0.0323. The van der Waals surface area contributed by atoms with Gasteiger partial charge in [0.05, 0.1) is 12.1 Å². The highest BCUT2D eigenvalue weighted by atomic mass is 16.5. The maximum atomic E-state index is 5.60. The van der Waals surface area contributed by atoms with Crippen LogP contribution in [0.5, 0.6) is 0 Å². The smallest absolute Gasteiger partial charge is 0.315 e. The number of aromatic nitrogens is 2. The Morgan fingerprint density at radius 2 is 2.27 bits per heavy atom. The Hall–Kier alpha value is -1.14. The van der Waals surface area contributed by atoms with Gasteiger partial charge in [-0.25, -0.2) is 0 Å². The molecular formula is C9H16N4O2. The predicted octanol–water partition coefficient (Wildman–Crippen LogP) is 0.679. The molecule has 0 aromatic carbocycles. The summed E-state index contributed by atoms with van der Waals surface area (Å²) in [5, 5.41) is 10.8. The SMILES string of the molecule is COC1CC(Nc2nnc(C(C)N)o2)C1. The maximum Gasteiger partial charge on any atom is 0.315 e. The number of rotatable bonds is 4. The van der Waals surface area contributed by atoms with Gasteiger partial charge in [-0.3, -0.25) is 0 Å². The van der Waals surface area contributed by atoms with Crippen LogP contribution in [-0.2, 0) is 4.74 Å². The van der Waals surface area contributed by atoms with E-state index in [0.29, 0.717) is 24.1 Å². The summed E-state index contributed by atoms with van der Waals surface area (Å²) in [6, 6.07) is 0.597. The van der Waals surface area contributed by atoms with E-state index in [2.05, 4.69) is 15.5 Å². The molecule has 0 spiro atoms. The molecule has 1 atom stereocenters. The average Bonchev–Trinajstić information content (AvgIpc) is 2.58. The quantitative estimate of drug-likeness (QED) is 0.763. The van der Waals surface area contributed by atoms with Gasteiger partial charge in [-0.15, -0.1) is 5.10 Å². The monoisotopic (exact) mass is 212 g/mol. The van der Waals surface area contributed by atoms with Crippen molar-refractivity contribution in [2.75, 3.05) is 12.4 Å². The second-order valence-electron chi connectivity index (χ2n) is 3.90. The first kappa shape index (κ1) is 10.4. The molecule has 1 fully saturated rings. The van der Waals surface area contributed by atoms with Gasteiger partial charge in [-0.05, 0) is 19.8 Å². The summed E-state index contributed by atoms with van der Waals surface area (Å²) in [4.78, 5) is 0. The number of anilines is 1. The summed E-state index contributed by atoms with van der Waals surface area (Å²) < 4.78 is 10.5. The molecule has 6 nitrogen and oxygen atoms in total. The van der Waals surface area contributed by atoms with Gasteiger partial charge >= 0.3 is 6.01 Å². The van der Waals surface area contributed by atoms with Gasteiger partial charge < -0.3 is 20.2 Å². The van der Waals surface area contributed by atoms with E-state index >= 15 is 0 Å². The van der Waals surface area contributed by atoms with E-state index in [0.717, 1.165) is 12.8 Å². The van der Waals surface area contributed by atoms with E-state index in [9.17, 15) is 0 Å². The Labute approximate surface area is 88.2 Å². The van der Waals surface area contributed by atoms with Gasteiger partial charge in [0.1, 0.15) is 0 Å². The zero-order chi connectivity index (χ0) is 10.8. The Bertz CT molecular complexity index is 320. The Kier molecular flexibility index (Phi) is 2.88. The average molecular weight is 212 g/mol. The number of nitrogens with zero attached hydrogens (tertiary/aromatic N) is 2. The van der Waals surface area contributed by atoms with Crippen molar-refractivity contribution >= 4 is 6.01 Å². The van der Waals surface area contributed by atoms with Crippen molar-refractivity contribution in [3.05, 3.63) is 5.89 Å². The van der Waals surface area contributed by atoms with Gasteiger partial charge in [0.2, 0.25) is 5.89 Å². The topological polar surface area (TPSA) is 86.2 Å². The molecule has 6 heteroatoms. The molecule has 2 rings (SSSR count). The summed E-state index contributed by atoms with van der Waals surface area (Å²) >= 11 is 0. The summed E-state index contributed by atoms with van der Waals surface area (Å²) in [5.74, 6) is 0.458. The molecule has 84 valence electrons. The molecule has 1 saturated carbocycles. The van der Waals surface area contributed by atoms with E-state index in [-0.39, 0.29) is 6.04 Å². The van der Waals surface area contributed by atoms with Crippen molar-refractivity contribution in [1.29, 1.82) is 0 Å². The van der Waals surface area contributed by atoms with Gasteiger partial charge in [0.15, 0.2) is 0 Å². The van der Waals surface area contributed by atoms with Crippen molar-refractivity contribution in [2.24, 2.45) is 5.73 Å². The molecular weight excluding hydrogens is 196 g/mol. The first-order chi connectivity index (χ1) is 7.19. The van der Waals surface area contributed by atoms with Gasteiger partial charge in [0, 0.05) is 13.2 Å². The zero-order valence-corrected chi connectivity index (χ0v) is 8.93. The van der Waals surface area contributed by atoms with Crippen LogP contribution in [0.2, 0.25) is 0 Å². The van der Waals surface area contributed by atoms with Crippen molar-refractivity contribution < 1.29 is 9.15 Å². The Morgan fingerprint density at radius 3 is 2.80 bits per heavy atom. The van der Waals surface area contributed by atoms with E-state index in [4.69, 9.17) is 14.9 Å². The zero-order valence-electron chi connectivity index (χ0n) is 8.93. The fourth-order valence-corrected chi connectivity index (χ4v) is 1.53. The molecule has 1 aromatic rings. The fourth-order valence-electron chi connectivity index (χ4n) is 1.53. The molecule has 15 heavy (non-hydrogen) atoms. The van der Waals surface area contributed by atoms with Crippen molar-refractivity contribution in [1.82, 2.24) is 10.2 Å². The van der Waals surface area contributed by atoms with Crippen LogP contribution in [0, 0.1) is 0 Å². The lowest BCUT2D eigenvalue weighted by atomic mass is 9.89. The molecule has 0 aliphatic heterocycles. The second-order valence-corrected chi connectivity index (χ2v) is 3.90. The maximum absolute atomic E-state index is 5.60. The minimum Gasteiger partial charge on any atom is -0.406 e. The molecule has 3 N–H and O–H groups in total. The summed E-state index contributed by atoms with van der Waals surface area (Å²) in [6.07, 6.45) is 2.32. The molecule has 0 radical (unpaired) electrons. The molecule has 0 saturated heterocycles. The molecule has 0 bridgehead atoms. The normalized spacial score (nSPS) is 27.1. The molecule has 1 heterocycles. The highest BCUT2D eigenvalue weighted by molar-refractivity contribution is 5.22. The van der Waals surface area contributed by atoms with Crippen LogP contribution >= 0.6 is 0 Å². The number of nitrogens with two attached hydrogens (primary N) is 1. The van der Waals surface area contributed by atoms with Crippen LogP contribution in [0.25, 0.3) is 0 Å². The molecule has 1 unspecified atom stereocenters. The van der Waals surface area contributed by atoms with E-state index in [1.807, 2.05) is 6.92 Å². The van der Waals surface area contributed by atoms with Crippen LogP contribution in [0.15, 0.2) is 4.42 Å². The highest BCUT2D eigenvalue weighted by Crippen LogP contribution is 2.26. The second kappa shape index (κ2) is 4.16. The molecule has 1 aliphatic carbocycles. The van der Waals surface area contributed by atoms with Gasteiger partial charge in [-0.1, -0.05) is 5.10 Å². The molecule has 1 aromatic heterocycles. The number of hydrogen-bond donors (Lipinski definition) is 2. The van der Waals surface area contributed by atoms with Gasteiger partial charge in [-0.2, -0.15) is 0 Å². The number of ether oxygens (including phenoxy) is 1. The Balaban J connectivity index is 1.84. The first-order valence-electron chi connectivity index (χ1n) is 5.07. The fraction of sp³-hybridized carbons (Fsp3) is 0.778. The van der Waals surface area contributed by atoms with Gasteiger partial charge in [0.25, 0.3) is 0 Å². The standard InChI is InChI=1S/C9H16N4O2/c1-5(10)8-12-13-9(15-8)11-6-3-7(4-6)14-2/h5-7H,3-4,10H2,1-2H3,(H,11,13). The summed E-state index contributed by atoms with van der Waals surface area (Å²) in [7, 11) is 1.72. The third-order valence-electron chi connectivity index (χ3n) is 2.59. The third-order valence-corrected chi connectivity index (χ3v) is 2.59. The van der Waals surface area contributed by atoms with Crippen LogP contribution in [0.3, 0.4) is 0 Å². The number of methoxy groups -OCH3 is 1.